The fourth-order valence-corrected chi connectivity index (χ4v) is 2.44. The van der Waals surface area contributed by atoms with Gasteiger partial charge in [0.1, 0.15) is 12.2 Å². The molecule has 1 atom stereocenters. The summed E-state index contributed by atoms with van der Waals surface area (Å²) in [7, 11) is 2.16. The molecule has 1 aliphatic heterocycles. The third-order valence-electron chi connectivity index (χ3n) is 3.35. The molecule has 1 fully saturated rings. The first-order chi connectivity index (χ1) is 8.29. The molecule has 2 rings (SSSR count). The maximum Gasteiger partial charge on any atom is 0.140 e. The summed E-state index contributed by atoms with van der Waals surface area (Å²) in [5, 5.41) is 7.77. The summed E-state index contributed by atoms with van der Waals surface area (Å²) < 4.78 is 1.96. The molecule has 2 heterocycles. The highest BCUT2D eigenvalue weighted by Crippen LogP contribution is 2.09. The van der Waals surface area contributed by atoms with Crippen molar-refractivity contribution in [3.8, 4) is 0 Å². The van der Waals surface area contributed by atoms with Crippen LogP contribution in [0.4, 0.5) is 0 Å². The van der Waals surface area contributed by atoms with Crippen molar-refractivity contribution in [1.29, 1.82) is 0 Å². The van der Waals surface area contributed by atoms with Crippen LogP contribution in [0.2, 0.25) is 0 Å². The van der Waals surface area contributed by atoms with Crippen LogP contribution in [0.15, 0.2) is 6.33 Å². The molecule has 1 N–H and O–H groups in total. The number of nitrogens with zero attached hydrogens (tertiary/aromatic N) is 4. The van der Waals surface area contributed by atoms with Crippen LogP contribution in [0.3, 0.4) is 0 Å². The number of aromatic nitrogens is 3. The number of rotatable bonds is 5. The van der Waals surface area contributed by atoms with Crippen LogP contribution in [-0.4, -0.2) is 45.8 Å². The van der Waals surface area contributed by atoms with Crippen molar-refractivity contribution < 1.29 is 0 Å². The van der Waals surface area contributed by atoms with E-state index in [1.165, 1.54) is 25.8 Å². The molecule has 0 saturated carbocycles. The monoisotopic (exact) mass is 237 g/mol. The van der Waals surface area contributed by atoms with Gasteiger partial charge >= 0.3 is 0 Å². The zero-order valence-corrected chi connectivity index (χ0v) is 10.9. The Balaban J connectivity index is 1.82. The van der Waals surface area contributed by atoms with Crippen LogP contribution in [0.5, 0.6) is 0 Å². The fraction of sp³-hybridized carbons (Fsp3) is 0.833. The second kappa shape index (κ2) is 6.12. The molecule has 5 nitrogen and oxygen atoms in total. The van der Waals surface area contributed by atoms with Gasteiger partial charge in [-0.2, -0.15) is 5.10 Å². The van der Waals surface area contributed by atoms with E-state index in [0.717, 1.165) is 25.5 Å². The van der Waals surface area contributed by atoms with E-state index in [2.05, 4.69) is 34.3 Å². The Hall–Kier alpha value is -0.940. The highest BCUT2D eigenvalue weighted by Gasteiger charge is 2.15. The molecular formula is C12H23N5. The van der Waals surface area contributed by atoms with Gasteiger partial charge in [0.25, 0.3) is 0 Å². The highest BCUT2D eigenvalue weighted by atomic mass is 15.3. The molecule has 0 bridgehead atoms. The lowest BCUT2D eigenvalue weighted by Crippen LogP contribution is -2.42. The van der Waals surface area contributed by atoms with Crippen LogP contribution in [0.1, 0.15) is 32.0 Å². The zero-order valence-electron chi connectivity index (χ0n) is 10.9. The fourth-order valence-electron chi connectivity index (χ4n) is 2.44. The van der Waals surface area contributed by atoms with E-state index >= 15 is 0 Å². The normalized spacial score (nSPS) is 21.0. The second-order valence-corrected chi connectivity index (χ2v) is 4.84. The molecule has 0 radical (unpaired) electrons. The minimum atomic E-state index is 0.645. The van der Waals surface area contributed by atoms with Crippen molar-refractivity contribution >= 4 is 0 Å². The molecule has 5 heteroatoms. The Kier molecular flexibility index (Phi) is 4.50. The summed E-state index contributed by atoms with van der Waals surface area (Å²) in [6, 6.07) is 0.645. The lowest BCUT2D eigenvalue weighted by molar-refractivity contribution is 0.248. The van der Waals surface area contributed by atoms with Crippen LogP contribution in [-0.2, 0) is 13.1 Å². The first kappa shape index (κ1) is 12.5. The van der Waals surface area contributed by atoms with E-state index in [0.29, 0.717) is 6.04 Å². The summed E-state index contributed by atoms with van der Waals surface area (Å²) in [5.74, 6) is 1.06. The average Bonchev–Trinajstić information content (AvgIpc) is 2.77. The Morgan fingerprint density at radius 1 is 1.53 bits per heavy atom. The molecule has 0 amide bonds. The largest absolute Gasteiger partial charge is 0.313 e. The Bertz CT molecular complexity index is 329. The molecule has 0 aromatic carbocycles. The van der Waals surface area contributed by atoms with E-state index in [-0.39, 0.29) is 0 Å². The van der Waals surface area contributed by atoms with Crippen molar-refractivity contribution in [2.24, 2.45) is 0 Å². The summed E-state index contributed by atoms with van der Waals surface area (Å²) in [4.78, 5) is 6.64. The molecule has 1 aromatic rings. The first-order valence-electron chi connectivity index (χ1n) is 6.58. The molecule has 1 aromatic heterocycles. The van der Waals surface area contributed by atoms with Gasteiger partial charge in [0.05, 0.1) is 6.54 Å². The van der Waals surface area contributed by atoms with E-state index in [4.69, 9.17) is 0 Å². The number of aryl methyl sites for hydroxylation is 1. The smallest absolute Gasteiger partial charge is 0.140 e. The number of hydrogen-bond acceptors (Lipinski definition) is 4. The standard InChI is InChI=1S/C12H23N5/c1-3-17-12(14-10-15-17)9-16(2)8-11-6-4-5-7-13-11/h10-11,13H,3-9H2,1-2H3. The van der Waals surface area contributed by atoms with Gasteiger partial charge in [0.15, 0.2) is 0 Å². The third-order valence-corrected chi connectivity index (χ3v) is 3.35. The van der Waals surface area contributed by atoms with Gasteiger partial charge in [-0.25, -0.2) is 9.67 Å². The van der Waals surface area contributed by atoms with Crippen molar-refractivity contribution in [2.45, 2.75) is 45.3 Å². The van der Waals surface area contributed by atoms with Gasteiger partial charge in [-0.1, -0.05) is 6.42 Å². The summed E-state index contributed by atoms with van der Waals surface area (Å²) >= 11 is 0. The lowest BCUT2D eigenvalue weighted by atomic mass is 10.0. The molecule has 1 unspecified atom stereocenters. The molecule has 96 valence electrons. The number of hydrogen-bond donors (Lipinski definition) is 1. The van der Waals surface area contributed by atoms with E-state index in [9.17, 15) is 0 Å². The maximum absolute atomic E-state index is 4.31. The predicted octanol–water partition coefficient (Wildman–Crippen LogP) is 0.872. The molecule has 0 spiro atoms. The zero-order chi connectivity index (χ0) is 12.1. The molecule has 17 heavy (non-hydrogen) atoms. The van der Waals surface area contributed by atoms with Crippen molar-refractivity contribution in [1.82, 2.24) is 25.0 Å². The quantitative estimate of drug-likeness (QED) is 0.825. The van der Waals surface area contributed by atoms with Crippen LogP contribution in [0, 0.1) is 0 Å². The van der Waals surface area contributed by atoms with E-state index < -0.39 is 0 Å². The maximum atomic E-state index is 4.31. The van der Waals surface area contributed by atoms with Gasteiger partial charge in [0.2, 0.25) is 0 Å². The number of likely N-dealkylation sites (N-methyl/N-ethyl adjacent to an activating group) is 1. The Morgan fingerprint density at radius 3 is 3.12 bits per heavy atom. The van der Waals surface area contributed by atoms with Gasteiger partial charge < -0.3 is 5.32 Å². The van der Waals surface area contributed by atoms with Crippen LogP contribution < -0.4 is 5.32 Å². The Labute approximate surface area is 103 Å². The highest BCUT2D eigenvalue weighted by molar-refractivity contribution is 4.85. The lowest BCUT2D eigenvalue weighted by Gasteiger charge is -2.27. The average molecular weight is 237 g/mol. The first-order valence-corrected chi connectivity index (χ1v) is 6.58. The SMILES string of the molecule is CCn1ncnc1CN(C)CC1CCCCN1. The Morgan fingerprint density at radius 2 is 2.41 bits per heavy atom. The molecule has 1 saturated heterocycles. The van der Waals surface area contributed by atoms with Crippen molar-refractivity contribution in [3.63, 3.8) is 0 Å². The van der Waals surface area contributed by atoms with Gasteiger partial charge in [-0.15, -0.1) is 0 Å². The summed E-state index contributed by atoms with van der Waals surface area (Å²) in [6.45, 7) is 6.14. The third kappa shape index (κ3) is 3.51. The van der Waals surface area contributed by atoms with Crippen LogP contribution in [0.25, 0.3) is 0 Å². The summed E-state index contributed by atoms with van der Waals surface area (Å²) in [6.07, 6.45) is 5.62. The van der Waals surface area contributed by atoms with Crippen LogP contribution >= 0.6 is 0 Å². The van der Waals surface area contributed by atoms with Gasteiger partial charge in [0, 0.05) is 19.1 Å². The topological polar surface area (TPSA) is 46.0 Å². The molecule has 1 aliphatic rings. The van der Waals surface area contributed by atoms with Gasteiger partial charge in [-0.3, -0.25) is 4.90 Å². The summed E-state index contributed by atoms with van der Waals surface area (Å²) in [5.41, 5.74) is 0. The minimum Gasteiger partial charge on any atom is -0.313 e. The number of nitrogens with one attached hydrogen (secondary N) is 1. The van der Waals surface area contributed by atoms with Crippen molar-refractivity contribution in [2.75, 3.05) is 20.1 Å². The van der Waals surface area contributed by atoms with E-state index in [1.54, 1.807) is 6.33 Å². The van der Waals surface area contributed by atoms with Crippen molar-refractivity contribution in [3.05, 3.63) is 12.2 Å². The molecular weight excluding hydrogens is 214 g/mol. The second-order valence-electron chi connectivity index (χ2n) is 4.84. The van der Waals surface area contributed by atoms with Gasteiger partial charge in [-0.05, 0) is 33.4 Å². The number of piperidine rings is 1. The predicted molar refractivity (Wildman–Crippen MR) is 67.7 cm³/mol. The molecule has 0 aliphatic carbocycles. The van der Waals surface area contributed by atoms with E-state index in [1.807, 2.05) is 4.68 Å². The minimum absolute atomic E-state index is 0.645.